The number of hydrogen-bond donors (Lipinski definition) is 1. The molecule has 1 spiro atoms. The molecule has 2 amide bonds. The zero-order valence-electron chi connectivity index (χ0n) is 15.1. The topological polar surface area (TPSA) is 52.7 Å². The van der Waals surface area contributed by atoms with E-state index in [1.807, 2.05) is 17.9 Å². The fraction of sp³-hybridized carbons (Fsp3) is 0.579. The first kappa shape index (κ1) is 19.7. The zero-order valence-corrected chi connectivity index (χ0v) is 15.9. The van der Waals surface area contributed by atoms with Gasteiger partial charge in [0.2, 0.25) is 0 Å². The summed E-state index contributed by atoms with van der Waals surface area (Å²) in [6.07, 6.45) is 3.37. The number of rotatable bonds is 3. The Morgan fingerprint density at radius 3 is 2.48 bits per heavy atom. The molecule has 2 aliphatic rings. The van der Waals surface area contributed by atoms with E-state index in [0.29, 0.717) is 23.1 Å². The van der Waals surface area contributed by atoms with Crippen LogP contribution in [0.5, 0.6) is 0 Å². The van der Waals surface area contributed by atoms with Crippen molar-refractivity contribution < 1.29 is 9.59 Å². The van der Waals surface area contributed by atoms with Gasteiger partial charge in [-0.2, -0.15) is 0 Å². The number of halogens is 1. The molecule has 0 saturated carbocycles. The Balaban J connectivity index is 0.00000225. The molecule has 0 atom stereocenters. The van der Waals surface area contributed by atoms with Crippen LogP contribution in [-0.4, -0.2) is 61.4 Å². The lowest BCUT2D eigenvalue weighted by Gasteiger charge is -2.39. The number of carbonyl (C=O) groups is 2. The van der Waals surface area contributed by atoms with Crippen molar-refractivity contribution in [2.45, 2.75) is 26.2 Å². The Kier molecular flexibility index (Phi) is 6.47. The fourth-order valence-electron chi connectivity index (χ4n) is 3.74. The number of nitrogens with zero attached hydrogens (tertiary/aromatic N) is 2. The number of benzene rings is 1. The van der Waals surface area contributed by atoms with Crippen molar-refractivity contribution in [2.75, 3.05) is 39.8 Å². The predicted octanol–water partition coefficient (Wildman–Crippen LogP) is 2.42. The lowest BCUT2D eigenvalue weighted by molar-refractivity contribution is 0.0607. The van der Waals surface area contributed by atoms with Gasteiger partial charge in [0, 0.05) is 44.4 Å². The summed E-state index contributed by atoms with van der Waals surface area (Å²) in [5.74, 6) is 0.00591. The summed E-state index contributed by atoms with van der Waals surface area (Å²) < 4.78 is 0. The molecule has 1 aromatic carbocycles. The summed E-state index contributed by atoms with van der Waals surface area (Å²) in [5.41, 5.74) is 1.60. The highest BCUT2D eigenvalue weighted by Gasteiger charge is 2.38. The van der Waals surface area contributed by atoms with Gasteiger partial charge in [0.1, 0.15) is 0 Å². The molecule has 0 radical (unpaired) electrons. The number of amides is 2. The van der Waals surface area contributed by atoms with Crippen molar-refractivity contribution in [2.24, 2.45) is 5.41 Å². The van der Waals surface area contributed by atoms with E-state index < -0.39 is 0 Å². The van der Waals surface area contributed by atoms with Gasteiger partial charge >= 0.3 is 0 Å². The summed E-state index contributed by atoms with van der Waals surface area (Å²) in [6.45, 7) is 6.40. The molecule has 1 aromatic rings. The molecule has 2 aliphatic heterocycles. The van der Waals surface area contributed by atoms with Gasteiger partial charge in [0.05, 0.1) is 0 Å². The van der Waals surface area contributed by atoms with E-state index in [-0.39, 0.29) is 24.2 Å². The van der Waals surface area contributed by atoms with E-state index in [9.17, 15) is 9.59 Å². The first-order valence-electron chi connectivity index (χ1n) is 8.90. The third kappa shape index (κ3) is 4.15. The molecule has 2 saturated heterocycles. The first-order valence-corrected chi connectivity index (χ1v) is 8.90. The summed E-state index contributed by atoms with van der Waals surface area (Å²) >= 11 is 0. The van der Waals surface area contributed by atoms with Crippen LogP contribution >= 0.6 is 12.4 Å². The van der Waals surface area contributed by atoms with Crippen molar-refractivity contribution in [3.05, 3.63) is 35.4 Å². The van der Waals surface area contributed by atoms with E-state index in [1.165, 1.54) is 6.42 Å². The molecular formula is C19H28ClN3O2. The average molecular weight is 366 g/mol. The average Bonchev–Trinajstić information content (AvgIpc) is 3.08. The maximum Gasteiger partial charge on any atom is 0.253 e. The van der Waals surface area contributed by atoms with Crippen LogP contribution in [0.25, 0.3) is 0 Å². The molecule has 0 unspecified atom stereocenters. The largest absolute Gasteiger partial charge is 0.342 e. The summed E-state index contributed by atoms with van der Waals surface area (Å²) in [5, 5.41) is 3.45. The molecule has 6 heteroatoms. The molecule has 138 valence electrons. The van der Waals surface area contributed by atoms with Crippen molar-refractivity contribution in [3.63, 3.8) is 0 Å². The van der Waals surface area contributed by atoms with Gasteiger partial charge in [-0.05, 0) is 56.3 Å². The Morgan fingerprint density at radius 2 is 1.88 bits per heavy atom. The van der Waals surface area contributed by atoms with Crippen molar-refractivity contribution in [1.29, 1.82) is 0 Å². The second-order valence-electron chi connectivity index (χ2n) is 7.12. The summed E-state index contributed by atoms with van der Waals surface area (Å²) in [4.78, 5) is 28.7. The Labute approximate surface area is 156 Å². The highest BCUT2D eigenvalue weighted by molar-refractivity contribution is 5.99. The monoisotopic (exact) mass is 365 g/mol. The molecule has 25 heavy (non-hydrogen) atoms. The highest BCUT2D eigenvalue weighted by atomic mass is 35.5. The van der Waals surface area contributed by atoms with Crippen molar-refractivity contribution in [3.8, 4) is 0 Å². The van der Waals surface area contributed by atoms with Gasteiger partial charge in [0.15, 0.2) is 0 Å². The van der Waals surface area contributed by atoms with Crippen LogP contribution in [0.3, 0.4) is 0 Å². The number of likely N-dealkylation sites (tertiary alicyclic amines) is 1. The van der Waals surface area contributed by atoms with Crippen LogP contribution in [0.4, 0.5) is 0 Å². The van der Waals surface area contributed by atoms with E-state index in [0.717, 1.165) is 39.0 Å². The second kappa shape index (κ2) is 8.19. The third-order valence-corrected chi connectivity index (χ3v) is 5.62. The van der Waals surface area contributed by atoms with Crippen LogP contribution in [0, 0.1) is 5.41 Å². The maximum absolute atomic E-state index is 12.8. The van der Waals surface area contributed by atoms with Gasteiger partial charge < -0.3 is 15.1 Å². The molecule has 0 bridgehead atoms. The Bertz CT molecular complexity index is 619. The molecular weight excluding hydrogens is 338 g/mol. The lowest BCUT2D eigenvalue weighted by atomic mass is 9.78. The second-order valence-corrected chi connectivity index (χ2v) is 7.12. The van der Waals surface area contributed by atoms with E-state index in [2.05, 4.69) is 5.32 Å². The van der Waals surface area contributed by atoms with Gasteiger partial charge in [-0.25, -0.2) is 0 Å². The third-order valence-electron chi connectivity index (χ3n) is 5.62. The van der Waals surface area contributed by atoms with Crippen LogP contribution in [0.15, 0.2) is 24.3 Å². The van der Waals surface area contributed by atoms with Crippen molar-refractivity contribution >= 4 is 24.2 Å². The number of piperidine rings is 1. The quantitative estimate of drug-likeness (QED) is 0.895. The van der Waals surface area contributed by atoms with Gasteiger partial charge in [-0.15, -0.1) is 12.4 Å². The predicted molar refractivity (Wildman–Crippen MR) is 101 cm³/mol. The molecule has 1 N–H and O–H groups in total. The molecule has 0 aromatic heterocycles. The summed E-state index contributed by atoms with van der Waals surface area (Å²) in [6, 6.07) is 7.13. The van der Waals surface area contributed by atoms with Crippen LogP contribution in [-0.2, 0) is 0 Å². The molecule has 0 aliphatic carbocycles. The smallest absolute Gasteiger partial charge is 0.253 e. The summed E-state index contributed by atoms with van der Waals surface area (Å²) in [7, 11) is 1.77. The number of nitrogens with one attached hydrogen (secondary N) is 1. The minimum Gasteiger partial charge on any atom is -0.342 e. The molecule has 2 heterocycles. The first-order chi connectivity index (χ1) is 11.5. The van der Waals surface area contributed by atoms with Gasteiger partial charge in [0.25, 0.3) is 11.8 Å². The standard InChI is InChI=1S/C19H27N3O2.ClH/c1-3-21(2)17(23)15-5-4-6-16(13-15)18(24)22-11-8-19(9-12-22)7-10-20-14-19;/h4-6,13,20H,3,7-12,14H2,1-2H3;1H. The van der Waals surface area contributed by atoms with E-state index in [1.54, 1.807) is 30.1 Å². The fourth-order valence-corrected chi connectivity index (χ4v) is 3.74. The number of hydrogen-bond acceptors (Lipinski definition) is 3. The van der Waals surface area contributed by atoms with Crippen LogP contribution in [0.2, 0.25) is 0 Å². The SMILES string of the molecule is CCN(C)C(=O)c1cccc(C(=O)N2CCC3(CCNC3)CC2)c1.Cl. The minimum absolute atomic E-state index is 0. The minimum atomic E-state index is -0.0400. The normalized spacial score (nSPS) is 18.7. The van der Waals surface area contributed by atoms with E-state index in [4.69, 9.17) is 0 Å². The number of carbonyl (C=O) groups excluding carboxylic acids is 2. The van der Waals surface area contributed by atoms with Crippen LogP contribution < -0.4 is 5.32 Å². The van der Waals surface area contributed by atoms with E-state index >= 15 is 0 Å². The van der Waals surface area contributed by atoms with Crippen molar-refractivity contribution in [1.82, 2.24) is 15.1 Å². The lowest BCUT2D eigenvalue weighted by Crippen LogP contribution is -2.44. The van der Waals surface area contributed by atoms with Crippen LogP contribution in [0.1, 0.15) is 46.9 Å². The molecule has 2 fully saturated rings. The molecule has 3 rings (SSSR count). The zero-order chi connectivity index (χ0) is 17.2. The van der Waals surface area contributed by atoms with Gasteiger partial charge in [-0.3, -0.25) is 9.59 Å². The Morgan fingerprint density at radius 1 is 1.20 bits per heavy atom. The maximum atomic E-state index is 12.8. The molecule has 5 nitrogen and oxygen atoms in total. The Hall–Kier alpha value is -1.59. The highest BCUT2D eigenvalue weighted by Crippen LogP contribution is 2.37. The van der Waals surface area contributed by atoms with Gasteiger partial charge in [-0.1, -0.05) is 6.07 Å².